The summed E-state index contributed by atoms with van der Waals surface area (Å²) in [5, 5.41) is 0.434. The van der Waals surface area contributed by atoms with Crippen LogP contribution in [0, 0.1) is 0 Å². The van der Waals surface area contributed by atoms with E-state index in [1.807, 2.05) is 30.3 Å². The van der Waals surface area contributed by atoms with Crippen molar-refractivity contribution in [2.45, 2.75) is 0 Å². The summed E-state index contributed by atoms with van der Waals surface area (Å²) >= 11 is 4.61. The summed E-state index contributed by atoms with van der Waals surface area (Å²) in [6, 6.07) is 7.72. The van der Waals surface area contributed by atoms with Gasteiger partial charge in [-0.25, -0.2) is 4.79 Å². The molecule has 1 aromatic rings. The van der Waals surface area contributed by atoms with Crippen molar-refractivity contribution in [1.82, 2.24) is 0 Å². The van der Waals surface area contributed by atoms with Crippen LogP contribution in [0.15, 0.2) is 33.6 Å². The number of hydrogen-bond donors (Lipinski definition) is 2. The lowest BCUT2D eigenvalue weighted by molar-refractivity contribution is -0.367. The Labute approximate surface area is 99.6 Å². The molecule has 0 aliphatic carbocycles. The van der Waals surface area contributed by atoms with Gasteiger partial charge in [0.05, 0.1) is 0 Å². The smallest absolute Gasteiger partial charge is 0.281 e. The molecule has 3 N–H and O–H groups in total. The highest BCUT2D eigenvalue weighted by molar-refractivity contribution is 9.10. The third-order valence-corrected chi connectivity index (χ3v) is 3.22. The number of carbonyl (C=O) groups excluding carboxylic acids is 1. The standard InChI is InChI=1S/C10H7BrN2OS/c11-7-3-1-6(2-4-7)5-8-9(14)13-10(12)15-8/h1-5H,(H2,12,13,14)/p+1. The molecule has 1 aliphatic rings. The van der Waals surface area contributed by atoms with Gasteiger partial charge in [0.1, 0.15) is 4.91 Å². The van der Waals surface area contributed by atoms with Crippen LogP contribution < -0.4 is 10.7 Å². The van der Waals surface area contributed by atoms with Crippen LogP contribution in [0.4, 0.5) is 0 Å². The lowest BCUT2D eigenvalue weighted by atomic mass is 10.2. The zero-order valence-corrected chi connectivity index (χ0v) is 10.1. The number of hydrogen-bond acceptors (Lipinski definition) is 3. The van der Waals surface area contributed by atoms with Crippen LogP contribution in [0.2, 0.25) is 0 Å². The van der Waals surface area contributed by atoms with Gasteiger partial charge in [-0.3, -0.25) is 5.73 Å². The molecule has 1 aromatic carbocycles. The number of nitrogens with one attached hydrogen (secondary N) is 1. The number of thioether (sulfide) groups is 1. The molecule has 1 amide bonds. The van der Waals surface area contributed by atoms with E-state index in [0.717, 1.165) is 10.0 Å². The Morgan fingerprint density at radius 2 is 2.00 bits per heavy atom. The number of benzene rings is 1. The number of rotatable bonds is 1. The van der Waals surface area contributed by atoms with E-state index in [0.29, 0.717) is 10.1 Å². The van der Waals surface area contributed by atoms with Crippen molar-refractivity contribution in [3.8, 4) is 0 Å². The highest BCUT2D eigenvalue weighted by atomic mass is 79.9. The van der Waals surface area contributed by atoms with Crippen LogP contribution in [0.5, 0.6) is 0 Å². The Kier molecular flexibility index (Phi) is 2.93. The highest BCUT2D eigenvalue weighted by Gasteiger charge is 2.24. The van der Waals surface area contributed by atoms with Gasteiger partial charge in [0.15, 0.2) is 0 Å². The molecule has 0 fully saturated rings. The maximum atomic E-state index is 11.3. The maximum absolute atomic E-state index is 11.3. The number of carbonyl (C=O) groups is 1. The minimum atomic E-state index is -0.139. The summed E-state index contributed by atoms with van der Waals surface area (Å²) in [5.74, 6) is -0.139. The van der Waals surface area contributed by atoms with Crippen molar-refractivity contribution < 1.29 is 9.79 Å². The lowest BCUT2D eigenvalue weighted by Crippen LogP contribution is -2.75. The molecule has 76 valence electrons. The second kappa shape index (κ2) is 4.20. The second-order valence-electron chi connectivity index (χ2n) is 2.98. The van der Waals surface area contributed by atoms with E-state index in [-0.39, 0.29) is 5.91 Å². The first kappa shape index (κ1) is 10.4. The molecule has 0 unspecified atom stereocenters. The number of amides is 1. The average molecular weight is 284 g/mol. The van der Waals surface area contributed by atoms with Gasteiger partial charge in [-0.2, -0.15) is 4.99 Å². The van der Waals surface area contributed by atoms with E-state index in [4.69, 9.17) is 5.73 Å². The Morgan fingerprint density at radius 1 is 1.33 bits per heavy atom. The van der Waals surface area contributed by atoms with Crippen molar-refractivity contribution in [1.29, 1.82) is 0 Å². The van der Waals surface area contributed by atoms with Gasteiger partial charge in [-0.15, -0.1) is 0 Å². The molecule has 0 spiro atoms. The summed E-state index contributed by atoms with van der Waals surface area (Å²) in [7, 11) is 0. The predicted octanol–water partition coefficient (Wildman–Crippen LogP) is 0.459. The van der Waals surface area contributed by atoms with Crippen LogP contribution in [0.25, 0.3) is 6.08 Å². The third kappa shape index (κ3) is 2.49. The van der Waals surface area contributed by atoms with E-state index in [2.05, 4.69) is 20.9 Å². The highest BCUT2D eigenvalue weighted by Crippen LogP contribution is 2.20. The van der Waals surface area contributed by atoms with E-state index in [1.54, 1.807) is 0 Å². The first-order valence-corrected chi connectivity index (χ1v) is 5.85. The summed E-state index contributed by atoms with van der Waals surface area (Å²) in [5.41, 5.74) is 6.47. The average Bonchev–Trinajstić information content (AvgIpc) is 2.49. The van der Waals surface area contributed by atoms with Crippen LogP contribution >= 0.6 is 27.7 Å². The van der Waals surface area contributed by atoms with Crippen molar-refractivity contribution in [2.24, 2.45) is 5.73 Å². The zero-order chi connectivity index (χ0) is 10.8. The molecule has 2 rings (SSSR count). The zero-order valence-electron chi connectivity index (χ0n) is 7.66. The van der Waals surface area contributed by atoms with Crippen LogP contribution in [-0.4, -0.2) is 11.1 Å². The van der Waals surface area contributed by atoms with Crippen molar-refractivity contribution in [3.05, 3.63) is 39.2 Å². The molecule has 0 aromatic heterocycles. The van der Waals surface area contributed by atoms with Crippen molar-refractivity contribution >= 4 is 44.8 Å². The molecule has 0 saturated heterocycles. The molecule has 3 nitrogen and oxygen atoms in total. The fourth-order valence-electron chi connectivity index (χ4n) is 1.17. The van der Waals surface area contributed by atoms with Gasteiger partial charge < -0.3 is 0 Å². The molecule has 0 bridgehead atoms. The molecule has 5 heteroatoms. The monoisotopic (exact) mass is 283 g/mol. The number of nitrogens with two attached hydrogens (primary N) is 1. The molecule has 0 radical (unpaired) electrons. The molecule has 1 aliphatic heterocycles. The quantitative estimate of drug-likeness (QED) is 0.737. The van der Waals surface area contributed by atoms with E-state index >= 15 is 0 Å². The lowest BCUT2D eigenvalue weighted by Gasteiger charge is -1.94. The second-order valence-corrected chi connectivity index (χ2v) is 4.98. The largest absolute Gasteiger partial charge is 0.346 e. The van der Waals surface area contributed by atoms with Crippen molar-refractivity contribution in [2.75, 3.05) is 0 Å². The fourth-order valence-corrected chi connectivity index (χ4v) is 2.15. The van der Waals surface area contributed by atoms with Gasteiger partial charge >= 0.3 is 11.1 Å². The SMILES string of the molecule is NC1=[NH+]C(=O)C(=Cc2ccc(Br)cc2)S1. The normalized spacial score (nSPS) is 18.3. The summed E-state index contributed by atoms with van der Waals surface area (Å²) in [4.78, 5) is 14.5. The number of amidine groups is 1. The van der Waals surface area contributed by atoms with Crippen LogP contribution in [0.3, 0.4) is 0 Å². The Morgan fingerprint density at radius 3 is 2.53 bits per heavy atom. The van der Waals surface area contributed by atoms with Gasteiger partial charge in [0, 0.05) is 16.2 Å². The molecule has 1 heterocycles. The third-order valence-electron chi connectivity index (χ3n) is 1.85. The number of halogens is 1. The van der Waals surface area contributed by atoms with Gasteiger partial charge in [0.2, 0.25) is 0 Å². The van der Waals surface area contributed by atoms with E-state index < -0.39 is 0 Å². The summed E-state index contributed by atoms with van der Waals surface area (Å²) in [6.45, 7) is 0. The van der Waals surface area contributed by atoms with Gasteiger partial charge in [-0.1, -0.05) is 28.1 Å². The van der Waals surface area contributed by atoms with Gasteiger partial charge in [-0.05, 0) is 23.8 Å². The Balaban J connectivity index is 2.25. The van der Waals surface area contributed by atoms with Crippen molar-refractivity contribution in [3.63, 3.8) is 0 Å². The molecule has 15 heavy (non-hydrogen) atoms. The minimum Gasteiger partial charge on any atom is -0.281 e. The first-order valence-electron chi connectivity index (χ1n) is 4.24. The van der Waals surface area contributed by atoms with E-state index in [9.17, 15) is 4.79 Å². The predicted molar refractivity (Wildman–Crippen MR) is 64.9 cm³/mol. The fraction of sp³-hybridized carbons (Fsp3) is 0. The van der Waals surface area contributed by atoms with Crippen LogP contribution in [0.1, 0.15) is 5.56 Å². The summed E-state index contributed by atoms with van der Waals surface area (Å²) in [6.07, 6.45) is 1.81. The Bertz CT molecular complexity index is 465. The molecular weight excluding hydrogens is 276 g/mol. The molecular formula is C10H8BrN2OS+. The minimum absolute atomic E-state index is 0.139. The summed E-state index contributed by atoms with van der Waals surface area (Å²) < 4.78 is 1.01. The molecule has 0 atom stereocenters. The topological polar surface area (TPSA) is 57.1 Å². The Hall–Kier alpha value is -1.07. The first-order chi connectivity index (χ1) is 7.15. The maximum Gasteiger partial charge on any atom is 0.346 e. The molecule has 0 saturated carbocycles. The van der Waals surface area contributed by atoms with Gasteiger partial charge in [0.25, 0.3) is 0 Å². The van der Waals surface area contributed by atoms with E-state index in [1.165, 1.54) is 11.8 Å². The van der Waals surface area contributed by atoms with Crippen LogP contribution in [-0.2, 0) is 4.79 Å².